The normalized spacial score (nSPS) is 16.2. The van der Waals surface area contributed by atoms with Crippen molar-refractivity contribution in [2.24, 2.45) is 0 Å². The first-order chi connectivity index (χ1) is 12.3. The van der Waals surface area contributed by atoms with E-state index in [-0.39, 0.29) is 22.9 Å². The van der Waals surface area contributed by atoms with E-state index in [1.54, 1.807) is 0 Å². The smallest absolute Gasteiger partial charge is 0.251 e. The fourth-order valence-electron chi connectivity index (χ4n) is 3.05. The second-order valence-electron chi connectivity index (χ2n) is 7.21. The van der Waals surface area contributed by atoms with Gasteiger partial charge in [0.05, 0.1) is 4.90 Å². The van der Waals surface area contributed by atoms with Crippen LogP contribution in [0.2, 0.25) is 0 Å². The maximum Gasteiger partial charge on any atom is 0.251 e. The van der Waals surface area contributed by atoms with E-state index >= 15 is 0 Å². The number of piperidine rings is 1. The molecule has 7 heteroatoms. The van der Waals surface area contributed by atoms with E-state index in [1.165, 1.54) is 49.6 Å². The summed E-state index contributed by atoms with van der Waals surface area (Å²) in [4.78, 5) is 14.9. The maximum absolute atomic E-state index is 12.4. The third-order valence-corrected chi connectivity index (χ3v) is 6.18. The molecule has 1 aromatic carbocycles. The number of sulfonamides is 1. The summed E-state index contributed by atoms with van der Waals surface area (Å²) < 4.78 is 26.5. The molecule has 1 fully saturated rings. The molecule has 2 rings (SSSR count). The summed E-state index contributed by atoms with van der Waals surface area (Å²) in [5, 5.41) is 2.97. The number of benzene rings is 1. The van der Waals surface area contributed by atoms with Crippen LogP contribution in [0.1, 0.15) is 43.5 Å². The summed E-state index contributed by atoms with van der Waals surface area (Å²) in [5.74, 6) is -0.196. The Morgan fingerprint density at radius 2 is 1.81 bits per heavy atom. The van der Waals surface area contributed by atoms with Gasteiger partial charge in [-0.2, -0.15) is 0 Å². The molecule has 0 saturated carbocycles. The summed E-state index contributed by atoms with van der Waals surface area (Å²) in [6.45, 7) is 10.6. The van der Waals surface area contributed by atoms with Crippen molar-refractivity contribution in [1.82, 2.24) is 14.9 Å². The average molecular weight is 380 g/mol. The zero-order chi connectivity index (χ0) is 19.2. The molecule has 6 nitrogen and oxygen atoms in total. The van der Waals surface area contributed by atoms with Gasteiger partial charge >= 0.3 is 0 Å². The molecule has 0 aromatic heterocycles. The fraction of sp³-hybridized carbons (Fsp3) is 0.526. The quantitative estimate of drug-likeness (QED) is 0.679. The maximum atomic E-state index is 12.4. The van der Waals surface area contributed by atoms with E-state index in [0.29, 0.717) is 12.1 Å². The number of amides is 1. The van der Waals surface area contributed by atoms with Crippen molar-refractivity contribution in [2.45, 2.75) is 43.5 Å². The van der Waals surface area contributed by atoms with Crippen LogP contribution in [0.4, 0.5) is 0 Å². The van der Waals surface area contributed by atoms with E-state index in [1.807, 2.05) is 0 Å². The number of carbonyl (C=O) groups is 1. The van der Waals surface area contributed by atoms with Gasteiger partial charge in [0, 0.05) is 24.2 Å². The first-order valence-electron chi connectivity index (χ1n) is 9.00. The minimum Gasteiger partial charge on any atom is -0.350 e. The topological polar surface area (TPSA) is 78.5 Å². The van der Waals surface area contributed by atoms with Gasteiger partial charge in [-0.05, 0) is 64.0 Å². The molecule has 0 unspecified atom stereocenters. The van der Waals surface area contributed by atoms with Gasteiger partial charge in [-0.25, -0.2) is 13.1 Å². The van der Waals surface area contributed by atoms with Gasteiger partial charge in [-0.15, -0.1) is 6.58 Å². The van der Waals surface area contributed by atoms with Crippen LogP contribution in [0.5, 0.6) is 0 Å². The lowest BCUT2D eigenvalue weighted by Crippen LogP contribution is -2.53. The van der Waals surface area contributed by atoms with E-state index in [9.17, 15) is 13.2 Å². The predicted molar refractivity (Wildman–Crippen MR) is 104 cm³/mol. The number of likely N-dealkylation sites (tertiary alicyclic amines) is 1. The summed E-state index contributed by atoms with van der Waals surface area (Å²) in [7, 11) is -3.57. The first-order valence-corrected chi connectivity index (χ1v) is 10.5. The molecule has 0 aliphatic carbocycles. The van der Waals surface area contributed by atoms with Gasteiger partial charge in [0.1, 0.15) is 0 Å². The Balaban J connectivity index is 1.96. The van der Waals surface area contributed by atoms with Crippen molar-refractivity contribution in [3.8, 4) is 0 Å². The molecule has 0 spiro atoms. The second-order valence-corrected chi connectivity index (χ2v) is 8.97. The number of carbonyl (C=O) groups excluding carboxylic acids is 1. The van der Waals surface area contributed by atoms with Crippen LogP contribution in [0.3, 0.4) is 0 Å². The molecule has 0 atom stereocenters. The van der Waals surface area contributed by atoms with E-state index in [0.717, 1.165) is 13.1 Å². The highest BCUT2D eigenvalue weighted by molar-refractivity contribution is 7.89. The molecule has 1 aromatic rings. The Labute approximate surface area is 156 Å². The molecule has 1 aliphatic rings. The fourth-order valence-corrected chi connectivity index (χ4v) is 4.05. The first kappa shape index (κ1) is 20.6. The lowest BCUT2D eigenvalue weighted by Gasteiger charge is -2.41. The molecule has 1 heterocycles. The van der Waals surface area contributed by atoms with E-state index in [4.69, 9.17) is 0 Å². The lowest BCUT2D eigenvalue weighted by atomic mass is 9.98. The minimum absolute atomic E-state index is 0.103. The highest BCUT2D eigenvalue weighted by Crippen LogP contribution is 2.20. The van der Waals surface area contributed by atoms with Crippen LogP contribution >= 0.6 is 0 Å². The monoisotopic (exact) mass is 379 g/mol. The van der Waals surface area contributed by atoms with Crippen molar-refractivity contribution in [3.05, 3.63) is 42.5 Å². The van der Waals surface area contributed by atoms with Crippen molar-refractivity contribution >= 4 is 15.9 Å². The Kier molecular flexibility index (Phi) is 6.97. The van der Waals surface area contributed by atoms with Gasteiger partial charge in [0.15, 0.2) is 0 Å². The molecular weight excluding hydrogens is 350 g/mol. The van der Waals surface area contributed by atoms with Crippen LogP contribution in [0.25, 0.3) is 0 Å². The molecule has 1 saturated heterocycles. The van der Waals surface area contributed by atoms with Gasteiger partial charge in [0.25, 0.3) is 5.91 Å². The zero-order valence-corrected chi connectivity index (χ0v) is 16.4. The standard InChI is InChI=1S/C19H29N3O3S/c1-4-12-21-26(24,25)17-10-8-16(9-11-17)18(23)20-15-19(2,3)22-13-6-5-7-14-22/h4,8-11,21H,1,5-7,12-15H2,2-3H3,(H,20,23). The molecule has 26 heavy (non-hydrogen) atoms. The summed E-state index contributed by atoms with van der Waals surface area (Å²) in [6.07, 6.45) is 5.15. The summed E-state index contributed by atoms with van der Waals surface area (Å²) in [6, 6.07) is 5.95. The average Bonchev–Trinajstić information content (AvgIpc) is 2.65. The van der Waals surface area contributed by atoms with Gasteiger partial charge in [-0.3, -0.25) is 9.69 Å². The number of hydrogen-bond donors (Lipinski definition) is 2. The Bertz CT molecular complexity index is 721. The molecule has 1 aliphatic heterocycles. The number of hydrogen-bond acceptors (Lipinski definition) is 4. The second kappa shape index (κ2) is 8.79. The van der Waals surface area contributed by atoms with Crippen molar-refractivity contribution < 1.29 is 13.2 Å². The van der Waals surface area contributed by atoms with Crippen LogP contribution < -0.4 is 10.0 Å². The lowest BCUT2D eigenvalue weighted by molar-refractivity contribution is 0.0797. The summed E-state index contributed by atoms with van der Waals surface area (Å²) in [5.41, 5.74) is 0.343. The van der Waals surface area contributed by atoms with E-state index < -0.39 is 10.0 Å². The molecule has 0 bridgehead atoms. The van der Waals surface area contributed by atoms with Crippen LogP contribution in [0, 0.1) is 0 Å². The highest BCUT2D eigenvalue weighted by Gasteiger charge is 2.28. The van der Waals surface area contributed by atoms with Gasteiger partial charge < -0.3 is 5.32 Å². The zero-order valence-electron chi connectivity index (χ0n) is 15.6. The SMILES string of the molecule is C=CCNS(=O)(=O)c1ccc(C(=O)NCC(C)(C)N2CCCCC2)cc1. The van der Waals surface area contributed by atoms with Crippen LogP contribution in [0.15, 0.2) is 41.8 Å². The van der Waals surface area contributed by atoms with Crippen molar-refractivity contribution in [2.75, 3.05) is 26.2 Å². The Hall–Kier alpha value is -1.70. The Morgan fingerprint density at radius 1 is 1.19 bits per heavy atom. The van der Waals surface area contributed by atoms with E-state index in [2.05, 4.69) is 35.4 Å². The molecule has 1 amide bonds. The van der Waals surface area contributed by atoms with Crippen LogP contribution in [-0.4, -0.2) is 50.9 Å². The molecular formula is C19H29N3O3S. The van der Waals surface area contributed by atoms with Gasteiger partial charge in [0.2, 0.25) is 10.0 Å². The molecule has 144 valence electrons. The molecule has 2 N–H and O–H groups in total. The highest BCUT2D eigenvalue weighted by atomic mass is 32.2. The third kappa shape index (κ3) is 5.40. The summed E-state index contributed by atoms with van der Waals surface area (Å²) >= 11 is 0. The van der Waals surface area contributed by atoms with Crippen LogP contribution in [-0.2, 0) is 10.0 Å². The Morgan fingerprint density at radius 3 is 2.38 bits per heavy atom. The molecule has 0 radical (unpaired) electrons. The largest absolute Gasteiger partial charge is 0.350 e. The van der Waals surface area contributed by atoms with Crippen molar-refractivity contribution in [3.63, 3.8) is 0 Å². The number of rotatable bonds is 8. The third-order valence-electron chi connectivity index (χ3n) is 4.74. The number of nitrogens with zero attached hydrogens (tertiary/aromatic N) is 1. The minimum atomic E-state index is -3.57. The van der Waals surface area contributed by atoms with Gasteiger partial charge in [-0.1, -0.05) is 12.5 Å². The predicted octanol–water partition coefficient (Wildman–Crippen LogP) is 2.15. The van der Waals surface area contributed by atoms with Crippen molar-refractivity contribution in [1.29, 1.82) is 0 Å². The number of nitrogens with one attached hydrogen (secondary N) is 2.